The van der Waals surface area contributed by atoms with Crippen LogP contribution in [0.2, 0.25) is 0 Å². The molecule has 0 aliphatic carbocycles. The standard InChI is InChI=1S/C19H10F20O3/c20-10(21,6-40)12(24,25)14(28,29)16(32,33)18(36,37)19(38,39)17(34,35)15(30,31)13(26,27)11(22,23)7-42-9(41)8-4-2-1-3-5-8/h1-5,40H,6-7H2. The van der Waals surface area contributed by atoms with Crippen LogP contribution in [0.3, 0.4) is 0 Å². The Morgan fingerprint density at radius 2 is 0.786 bits per heavy atom. The van der Waals surface area contributed by atoms with Crippen LogP contribution in [0.15, 0.2) is 30.3 Å². The summed E-state index contributed by atoms with van der Waals surface area (Å²) in [4.78, 5) is 11.5. The summed E-state index contributed by atoms with van der Waals surface area (Å²) < 4.78 is 275. The molecule has 0 saturated carbocycles. The van der Waals surface area contributed by atoms with Crippen LogP contribution in [0, 0.1) is 0 Å². The van der Waals surface area contributed by atoms with Gasteiger partial charge in [0.2, 0.25) is 0 Å². The lowest BCUT2D eigenvalue weighted by molar-refractivity contribution is -0.469. The average Bonchev–Trinajstić information content (AvgIpc) is 2.86. The molecular weight excluding hydrogens is 656 g/mol. The van der Waals surface area contributed by atoms with Gasteiger partial charge in [0.25, 0.3) is 0 Å². The molecule has 3 nitrogen and oxygen atoms in total. The Morgan fingerprint density at radius 1 is 0.500 bits per heavy atom. The van der Waals surface area contributed by atoms with Crippen molar-refractivity contribution >= 4 is 5.97 Å². The van der Waals surface area contributed by atoms with E-state index in [1.165, 1.54) is 0 Å². The van der Waals surface area contributed by atoms with Crippen molar-refractivity contribution in [1.29, 1.82) is 0 Å². The third-order valence-corrected chi connectivity index (χ3v) is 5.27. The van der Waals surface area contributed by atoms with Crippen LogP contribution in [0.4, 0.5) is 87.8 Å². The van der Waals surface area contributed by atoms with Gasteiger partial charge >= 0.3 is 65.2 Å². The van der Waals surface area contributed by atoms with E-state index in [1.54, 1.807) is 0 Å². The minimum Gasteiger partial charge on any atom is -0.455 e. The second kappa shape index (κ2) is 10.5. The monoisotopic (exact) mass is 666 g/mol. The maximum Gasteiger partial charge on any atom is 0.385 e. The fourth-order valence-corrected chi connectivity index (χ4v) is 2.65. The number of hydrogen-bond acceptors (Lipinski definition) is 3. The van der Waals surface area contributed by atoms with E-state index in [1.807, 2.05) is 0 Å². The molecular formula is C19H10F20O3. The van der Waals surface area contributed by atoms with Gasteiger partial charge in [0.15, 0.2) is 6.61 Å². The molecule has 0 bridgehead atoms. The number of halogens is 20. The highest BCUT2D eigenvalue weighted by atomic mass is 19.4. The lowest BCUT2D eigenvalue weighted by Crippen LogP contribution is -2.77. The van der Waals surface area contributed by atoms with Crippen LogP contribution in [0.25, 0.3) is 0 Å². The van der Waals surface area contributed by atoms with Crippen LogP contribution in [-0.2, 0) is 4.74 Å². The Labute approximate surface area is 218 Å². The fraction of sp³-hybridized carbons (Fsp3) is 0.632. The molecule has 1 rings (SSSR count). The molecule has 0 aliphatic heterocycles. The van der Waals surface area contributed by atoms with Crippen molar-refractivity contribution in [1.82, 2.24) is 0 Å². The third-order valence-electron chi connectivity index (χ3n) is 5.27. The summed E-state index contributed by atoms with van der Waals surface area (Å²) in [5, 5.41) is 7.92. The van der Waals surface area contributed by atoms with Gasteiger partial charge in [-0.05, 0) is 12.1 Å². The van der Waals surface area contributed by atoms with E-state index in [9.17, 15) is 92.6 Å². The summed E-state index contributed by atoms with van der Waals surface area (Å²) in [6, 6.07) is 4.46. The lowest BCUT2D eigenvalue weighted by atomic mass is 9.85. The summed E-state index contributed by atoms with van der Waals surface area (Å²) in [7, 11) is 0. The quantitative estimate of drug-likeness (QED) is 0.179. The molecule has 1 aromatic carbocycles. The molecule has 23 heteroatoms. The summed E-state index contributed by atoms with van der Waals surface area (Å²) >= 11 is 0. The number of aliphatic hydroxyl groups is 1. The molecule has 1 N–H and O–H groups in total. The van der Waals surface area contributed by atoms with E-state index in [4.69, 9.17) is 5.11 Å². The third kappa shape index (κ3) is 4.97. The predicted molar refractivity (Wildman–Crippen MR) is 93.3 cm³/mol. The Morgan fingerprint density at radius 3 is 1.10 bits per heavy atom. The normalized spacial score (nSPS) is 15.5. The largest absolute Gasteiger partial charge is 0.455 e. The maximum atomic E-state index is 13.8. The molecule has 1 aromatic rings. The Hall–Kier alpha value is -2.75. The van der Waals surface area contributed by atoms with Gasteiger partial charge in [-0.1, -0.05) is 18.2 Å². The summed E-state index contributed by atoms with van der Waals surface area (Å²) in [5.74, 6) is -86.0. The van der Waals surface area contributed by atoms with Crippen molar-refractivity contribution in [3.05, 3.63) is 35.9 Å². The van der Waals surface area contributed by atoms with Gasteiger partial charge in [0.1, 0.15) is 6.61 Å². The number of hydrogen-bond donors (Lipinski definition) is 1. The Balaban J connectivity index is 3.61. The number of carbonyl (C=O) groups excluding carboxylic acids is 1. The smallest absolute Gasteiger partial charge is 0.385 e. The molecule has 42 heavy (non-hydrogen) atoms. The summed E-state index contributed by atoms with van der Waals surface area (Å²) in [6.07, 6.45) is 0. The first-order valence-corrected chi connectivity index (χ1v) is 9.91. The molecule has 0 atom stereocenters. The van der Waals surface area contributed by atoms with Crippen LogP contribution in [0.5, 0.6) is 0 Å². The van der Waals surface area contributed by atoms with Crippen molar-refractivity contribution in [2.24, 2.45) is 0 Å². The highest BCUT2D eigenvalue weighted by molar-refractivity contribution is 5.89. The molecule has 244 valence electrons. The van der Waals surface area contributed by atoms with Crippen LogP contribution < -0.4 is 0 Å². The van der Waals surface area contributed by atoms with E-state index in [-0.39, 0.29) is 0 Å². The van der Waals surface area contributed by atoms with Gasteiger partial charge in [-0.15, -0.1) is 0 Å². The van der Waals surface area contributed by atoms with Gasteiger partial charge < -0.3 is 9.84 Å². The molecule has 0 heterocycles. The number of esters is 1. The summed E-state index contributed by atoms with van der Waals surface area (Å²) in [5.41, 5.74) is -0.813. The highest BCUT2D eigenvalue weighted by Gasteiger charge is 2.97. The number of carbonyl (C=O) groups is 1. The van der Waals surface area contributed by atoms with Crippen molar-refractivity contribution < 1.29 is 102 Å². The Kier molecular flexibility index (Phi) is 9.28. The van der Waals surface area contributed by atoms with Crippen LogP contribution in [-0.4, -0.2) is 83.5 Å². The van der Waals surface area contributed by atoms with E-state index in [2.05, 4.69) is 4.74 Å². The first-order valence-electron chi connectivity index (χ1n) is 9.91. The average molecular weight is 666 g/mol. The molecule has 0 aromatic heterocycles. The molecule has 0 saturated heterocycles. The van der Waals surface area contributed by atoms with E-state index in [0.29, 0.717) is 12.1 Å². The second-order valence-electron chi connectivity index (χ2n) is 8.10. The maximum absolute atomic E-state index is 13.8. The molecule has 0 aliphatic rings. The first-order chi connectivity index (χ1) is 18.3. The van der Waals surface area contributed by atoms with Gasteiger partial charge in [-0.2, -0.15) is 87.8 Å². The first kappa shape index (κ1) is 37.3. The minimum absolute atomic E-state index is 0.694. The molecule has 0 fully saturated rings. The number of benzene rings is 1. The number of aliphatic hydroxyl groups excluding tert-OH is 1. The number of alkyl halides is 20. The van der Waals surface area contributed by atoms with Crippen LogP contribution >= 0.6 is 0 Å². The molecule has 0 radical (unpaired) electrons. The Bertz CT molecular complexity index is 1110. The zero-order valence-electron chi connectivity index (χ0n) is 19.1. The van der Waals surface area contributed by atoms with Gasteiger partial charge in [-0.25, -0.2) is 4.79 Å². The SMILES string of the molecule is O=C(OCC(F)(F)C(F)(F)C(F)(F)C(F)(F)C(F)(F)C(F)(F)C(F)(F)C(F)(F)C(F)(F)C(F)(F)CO)c1ccccc1. The topological polar surface area (TPSA) is 46.5 Å². The second-order valence-corrected chi connectivity index (χ2v) is 8.10. The number of rotatable bonds is 13. The highest BCUT2D eigenvalue weighted by Crippen LogP contribution is 2.66. The van der Waals surface area contributed by atoms with E-state index >= 15 is 0 Å². The van der Waals surface area contributed by atoms with Crippen molar-refractivity contribution in [2.75, 3.05) is 13.2 Å². The predicted octanol–water partition coefficient (Wildman–Crippen LogP) is 7.19. The van der Waals surface area contributed by atoms with E-state index in [0.717, 1.165) is 18.2 Å². The van der Waals surface area contributed by atoms with Gasteiger partial charge in [0.05, 0.1) is 5.56 Å². The van der Waals surface area contributed by atoms with E-state index < -0.39 is 84.0 Å². The zero-order valence-corrected chi connectivity index (χ0v) is 19.1. The molecule has 0 unspecified atom stereocenters. The van der Waals surface area contributed by atoms with Gasteiger partial charge in [-0.3, -0.25) is 0 Å². The van der Waals surface area contributed by atoms with Crippen molar-refractivity contribution in [3.8, 4) is 0 Å². The minimum atomic E-state index is -9.17. The van der Waals surface area contributed by atoms with Gasteiger partial charge in [0, 0.05) is 0 Å². The number of ether oxygens (including phenoxy) is 1. The zero-order chi connectivity index (χ0) is 33.8. The molecule has 0 spiro atoms. The lowest BCUT2D eigenvalue weighted by Gasteiger charge is -2.45. The van der Waals surface area contributed by atoms with Crippen molar-refractivity contribution in [3.63, 3.8) is 0 Å². The molecule has 0 amide bonds. The summed E-state index contributed by atoms with van der Waals surface area (Å²) in [6.45, 7) is -7.06. The van der Waals surface area contributed by atoms with Crippen LogP contribution in [0.1, 0.15) is 10.4 Å². The van der Waals surface area contributed by atoms with Crippen molar-refractivity contribution in [2.45, 2.75) is 59.2 Å². The fourth-order valence-electron chi connectivity index (χ4n) is 2.65.